The van der Waals surface area contributed by atoms with Crippen molar-refractivity contribution in [2.75, 3.05) is 41.8 Å². The third-order valence-corrected chi connectivity index (χ3v) is 3.84. The van der Waals surface area contributed by atoms with E-state index in [-0.39, 0.29) is 12.6 Å². The monoisotopic (exact) mass is 315 g/mol. The Kier molecular flexibility index (Phi) is 5.15. The van der Waals surface area contributed by atoms with E-state index in [1.54, 1.807) is 12.5 Å². The van der Waals surface area contributed by atoms with Gasteiger partial charge in [0.2, 0.25) is 0 Å². The Hall–Kier alpha value is -2.48. The lowest BCUT2D eigenvalue weighted by atomic mass is 10.2. The average molecular weight is 315 g/mol. The summed E-state index contributed by atoms with van der Waals surface area (Å²) in [6.07, 6.45) is 5.29. The van der Waals surface area contributed by atoms with E-state index in [0.717, 1.165) is 36.8 Å². The van der Waals surface area contributed by atoms with Crippen molar-refractivity contribution < 1.29 is 5.11 Å². The lowest BCUT2D eigenvalue weighted by molar-refractivity contribution is 0.266. The number of anilines is 3. The molecule has 0 amide bonds. The van der Waals surface area contributed by atoms with Crippen LogP contribution < -0.4 is 15.5 Å². The summed E-state index contributed by atoms with van der Waals surface area (Å²) < 4.78 is 0. The number of aliphatic hydroxyl groups is 1. The standard InChI is InChI=1S/C15H21N7O/c23-10-12-3-2-8-22(12)15-9-14(18-11-19-15)17-7-6-16-13-4-1-5-20-21-13/h1,4-5,9,11-12,23H,2-3,6-8,10H2,(H,16,21)(H,17,18,19). The zero-order valence-corrected chi connectivity index (χ0v) is 12.9. The largest absolute Gasteiger partial charge is 0.394 e. The van der Waals surface area contributed by atoms with E-state index in [1.165, 1.54) is 0 Å². The fourth-order valence-corrected chi connectivity index (χ4v) is 2.70. The van der Waals surface area contributed by atoms with Crippen LogP contribution in [0, 0.1) is 0 Å². The number of hydrogen-bond donors (Lipinski definition) is 3. The van der Waals surface area contributed by atoms with E-state index in [0.29, 0.717) is 13.1 Å². The molecule has 122 valence electrons. The van der Waals surface area contributed by atoms with Gasteiger partial charge in [0.15, 0.2) is 0 Å². The molecule has 3 N–H and O–H groups in total. The molecule has 1 saturated heterocycles. The first-order valence-corrected chi connectivity index (χ1v) is 7.82. The molecular weight excluding hydrogens is 294 g/mol. The molecule has 0 radical (unpaired) electrons. The third-order valence-electron chi connectivity index (χ3n) is 3.84. The Bertz CT molecular complexity index is 610. The molecule has 2 aromatic heterocycles. The lowest BCUT2D eigenvalue weighted by Crippen LogP contribution is -2.32. The molecule has 0 bridgehead atoms. The first-order valence-electron chi connectivity index (χ1n) is 7.82. The number of aliphatic hydroxyl groups excluding tert-OH is 1. The minimum absolute atomic E-state index is 0.162. The summed E-state index contributed by atoms with van der Waals surface area (Å²) in [5.74, 6) is 2.39. The fourth-order valence-electron chi connectivity index (χ4n) is 2.70. The first kappa shape index (κ1) is 15.4. The van der Waals surface area contributed by atoms with Crippen molar-refractivity contribution in [3.63, 3.8) is 0 Å². The maximum absolute atomic E-state index is 9.43. The molecule has 0 aromatic carbocycles. The van der Waals surface area contributed by atoms with Gasteiger partial charge in [0, 0.05) is 31.9 Å². The fraction of sp³-hybridized carbons (Fsp3) is 0.467. The molecule has 0 spiro atoms. The zero-order valence-electron chi connectivity index (χ0n) is 12.9. The number of rotatable bonds is 7. The summed E-state index contributed by atoms with van der Waals surface area (Å²) in [6, 6.07) is 5.80. The molecule has 2 aromatic rings. The molecule has 1 fully saturated rings. The molecule has 8 heteroatoms. The SMILES string of the molecule is OCC1CCCN1c1cc(NCCNc2cccnn2)ncn1. The van der Waals surface area contributed by atoms with Crippen molar-refractivity contribution in [2.45, 2.75) is 18.9 Å². The smallest absolute Gasteiger partial charge is 0.148 e. The van der Waals surface area contributed by atoms with Crippen LogP contribution in [0.1, 0.15) is 12.8 Å². The van der Waals surface area contributed by atoms with Crippen LogP contribution in [0.15, 0.2) is 30.7 Å². The summed E-state index contributed by atoms with van der Waals surface area (Å²) in [5.41, 5.74) is 0. The topological polar surface area (TPSA) is 99.1 Å². The van der Waals surface area contributed by atoms with Gasteiger partial charge in [-0.15, -0.1) is 5.10 Å². The Morgan fingerprint density at radius 2 is 2.09 bits per heavy atom. The van der Waals surface area contributed by atoms with Crippen molar-refractivity contribution in [1.82, 2.24) is 20.2 Å². The predicted molar refractivity (Wildman–Crippen MR) is 88.5 cm³/mol. The Morgan fingerprint density at radius 1 is 1.22 bits per heavy atom. The van der Waals surface area contributed by atoms with Gasteiger partial charge in [-0.05, 0) is 25.0 Å². The summed E-state index contributed by atoms with van der Waals surface area (Å²) in [5, 5.41) is 23.6. The molecule has 1 aliphatic rings. The van der Waals surface area contributed by atoms with Crippen molar-refractivity contribution in [3.05, 3.63) is 30.7 Å². The van der Waals surface area contributed by atoms with E-state index in [4.69, 9.17) is 0 Å². The average Bonchev–Trinajstić information content (AvgIpc) is 3.09. The van der Waals surface area contributed by atoms with Crippen LogP contribution in [0.5, 0.6) is 0 Å². The van der Waals surface area contributed by atoms with Crippen LogP contribution in [0.3, 0.4) is 0 Å². The molecule has 0 aliphatic carbocycles. The number of nitrogens with zero attached hydrogens (tertiary/aromatic N) is 5. The minimum Gasteiger partial charge on any atom is -0.394 e. The van der Waals surface area contributed by atoms with Gasteiger partial charge in [-0.2, -0.15) is 5.10 Å². The van der Waals surface area contributed by atoms with Crippen molar-refractivity contribution in [2.24, 2.45) is 0 Å². The second-order valence-electron chi connectivity index (χ2n) is 5.40. The molecule has 3 heterocycles. The molecule has 1 unspecified atom stereocenters. The van der Waals surface area contributed by atoms with Crippen LogP contribution in [-0.2, 0) is 0 Å². The lowest BCUT2D eigenvalue weighted by Gasteiger charge is -2.24. The Labute approximate surface area is 135 Å². The van der Waals surface area contributed by atoms with Crippen LogP contribution in [0.25, 0.3) is 0 Å². The third kappa shape index (κ3) is 4.04. The highest BCUT2D eigenvalue weighted by molar-refractivity contribution is 5.50. The van der Waals surface area contributed by atoms with Crippen molar-refractivity contribution >= 4 is 17.5 Å². The minimum atomic E-state index is 0.162. The Morgan fingerprint density at radius 3 is 2.87 bits per heavy atom. The van der Waals surface area contributed by atoms with Crippen molar-refractivity contribution in [1.29, 1.82) is 0 Å². The quantitative estimate of drug-likeness (QED) is 0.644. The van der Waals surface area contributed by atoms with Crippen LogP contribution in [0.2, 0.25) is 0 Å². The first-order chi connectivity index (χ1) is 11.4. The number of nitrogens with one attached hydrogen (secondary N) is 2. The van der Waals surface area contributed by atoms with E-state index >= 15 is 0 Å². The maximum atomic E-state index is 9.43. The summed E-state index contributed by atoms with van der Waals surface area (Å²) in [4.78, 5) is 10.7. The highest BCUT2D eigenvalue weighted by Gasteiger charge is 2.24. The number of aromatic nitrogens is 4. The molecule has 1 atom stereocenters. The maximum Gasteiger partial charge on any atom is 0.148 e. The zero-order chi connectivity index (χ0) is 15.9. The van der Waals surface area contributed by atoms with Crippen LogP contribution in [0.4, 0.5) is 17.5 Å². The summed E-state index contributed by atoms with van der Waals surface area (Å²) in [7, 11) is 0. The van der Waals surface area contributed by atoms with Gasteiger partial charge < -0.3 is 20.6 Å². The van der Waals surface area contributed by atoms with E-state index in [9.17, 15) is 5.11 Å². The molecule has 3 rings (SSSR count). The highest BCUT2D eigenvalue weighted by Crippen LogP contribution is 2.24. The van der Waals surface area contributed by atoms with Gasteiger partial charge in [-0.25, -0.2) is 9.97 Å². The second kappa shape index (κ2) is 7.68. The molecule has 1 aliphatic heterocycles. The molecule has 0 saturated carbocycles. The van der Waals surface area contributed by atoms with Gasteiger partial charge in [-0.3, -0.25) is 0 Å². The normalized spacial score (nSPS) is 17.3. The number of hydrogen-bond acceptors (Lipinski definition) is 8. The van der Waals surface area contributed by atoms with E-state index in [1.807, 2.05) is 18.2 Å². The van der Waals surface area contributed by atoms with Gasteiger partial charge >= 0.3 is 0 Å². The van der Waals surface area contributed by atoms with Gasteiger partial charge in [0.05, 0.1) is 12.6 Å². The van der Waals surface area contributed by atoms with Crippen LogP contribution >= 0.6 is 0 Å². The summed E-state index contributed by atoms with van der Waals surface area (Å²) >= 11 is 0. The van der Waals surface area contributed by atoms with Crippen LogP contribution in [-0.4, -0.2) is 57.6 Å². The van der Waals surface area contributed by atoms with Gasteiger partial charge in [0.25, 0.3) is 0 Å². The summed E-state index contributed by atoms with van der Waals surface area (Å²) in [6.45, 7) is 2.50. The predicted octanol–water partition coefficient (Wildman–Crippen LogP) is 0.752. The highest BCUT2D eigenvalue weighted by atomic mass is 16.3. The van der Waals surface area contributed by atoms with Gasteiger partial charge in [0.1, 0.15) is 23.8 Å². The Balaban J connectivity index is 1.51. The molecule has 23 heavy (non-hydrogen) atoms. The van der Waals surface area contributed by atoms with E-state index in [2.05, 4.69) is 35.7 Å². The molecular formula is C15H21N7O. The van der Waals surface area contributed by atoms with E-state index < -0.39 is 0 Å². The second-order valence-corrected chi connectivity index (χ2v) is 5.40. The van der Waals surface area contributed by atoms with Gasteiger partial charge in [-0.1, -0.05) is 0 Å². The molecule has 8 nitrogen and oxygen atoms in total. The van der Waals surface area contributed by atoms with Crippen molar-refractivity contribution in [3.8, 4) is 0 Å².